The van der Waals surface area contributed by atoms with Crippen molar-refractivity contribution in [2.45, 2.75) is 13.3 Å². The number of nitrogens with two attached hydrogens (primary N) is 1. The molecule has 4 N–H and O–H groups in total. The third-order valence-electron chi connectivity index (χ3n) is 2.44. The topological polar surface area (TPSA) is 93.5 Å². The first-order chi connectivity index (χ1) is 9.67. The molecular weight excluding hydrogens is 258 g/mol. The fraction of sp³-hybridized carbons (Fsp3) is 0.429. The van der Waals surface area contributed by atoms with Gasteiger partial charge in [0, 0.05) is 24.3 Å². The molecule has 110 valence electrons. The van der Waals surface area contributed by atoms with Gasteiger partial charge < -0.3 is 21.1 Å². The van der Waals surface area contributed by atoms with E-state index in [0.717, 1.165) is 6.42 Å². The van der Waals surface area contributed by atoms with E-state index in [-0.39, 0.29) is 18.4 Å². The third-order valence-corrected chi connectivity index (χ3v) is 2.44. The maximum absolute atomic E-state index is 11.8. The SMILES string of the molecule is CCCNC(=O)c1cccc(NC(=O)COCCN)c1. The summed E-state index contributed by atoms with van der Waals surface area (Å²) in [6, 6.07) is 6.77. The number of rotatable bonds is 8. The smallest absolute Gasteiger partial charge is 0.251 e. The molecule has 0 saturated carbocycles. The van der Waals surface area contributed by atoms with Gasteiger partial charge in [-0.2, -0.15) is 0 Å². The summed E-state index contributed by atoms with van der Waals surface area (Å²) in [5.41, 5.74) is 6.34. The van der Waals surface area contributed by atoms with Crippen LogP contribution in [0.15, 0.2) is 24.3 Å². The Balaban J connectivity index is 2.54. The number of carbonyl (C=O) groups excluding carboxylic acids is 2. The van der Waals surface area contributed by atoms with Crippen LogP contribution >= 0.6 is 0 Å². The van der Waals surface area contributed by atoms with Gasteiger partial charge in [0.1, 0.15) is 6.61 Å². The minimum Gasteiger partial charge on any atom is -0.370 e. The van der Waals surface area contributed by atoms with Gasteiger partial charge in [-0.15, -0.1) is 0 Å². The minimum absolute atomic E-state index is 0.0521. The van der Waals surface area contributed by atoms with E-state index in [1.807, 2.05) is 6.92 Å². The summed E-state index contributed by atoms with van der Waals surface area (Å²) in [5, 5.41) is 5.45. The van der Waals surface area contributed by atoms with Crippen LogP contribution in [0.4, 0.5) is 5.69 Å². The Morgan fingerprint density at radius 1 is 1.35 bits per heavy atom. The van der Waals surface area contributed by atoms with E-state index >= 15 is 0 Å². The van der Waals surface area contributed by atoms with Crippen molar-refractivity contribution in [2.75, 3.05) is 31.6 Å². The number of hydrogen-bond acceptors (Lipinski definition) is 4. The first kappa shape index (κ1) is 16.1. The summed E-state index contributed by atoms with van der Waals surface area (Å²) in [5.74, 6) is -0.424. The molecule has 0 spiro atoms. The molecule has 2 amide bonds. The van der Waals surface area contributed by atoms with E-state index in [4.69, 9.17) is 10.5 Å². The van der Waals surface area contributed by atoms with Crippen molar-refractivity contribution in [1.82, 2.24) is 5.32 Å². The van der Waals surface area contributed by atoms with E-state index in [1.165, 1.54) is 0 Å². The highest BCUT2D eigenvalue weighted by Crippen LogP contribution is 2.10. The first-order valence-corrected chi connectivity index (χ1v) is 6.63. The average molecular weight is 279 g/mol. The fourth-order valence-electron chi connectivity index (χ4n) is 1.52. The molecule has 0 fully saturated rings. The summed E-state index contributed by atoms with van der Waals surface area (Å²) >= 11 is 0. The average Bonchev–Trinajstić information content (AvgIpc) is 2.45. The Hall–Kier alpha value is -1.92. The van der Waals surface area contributed by atoms with Gasteiger partial charge in [0.05, 0.1) is 6.61 Å². The largest absolute Gasteiger partial charge is 0.370 e. The lowest BCUT2D eigenvalue weighted by atomic mass is 10.2. The second-order valence-electron chi connectivity index (χ2n) is 4.23. The summed E-state index contributed by atoms with van der Waals surface area (Å²) in [6.45, 7) is 3.28. The van der Waals surface area contributed by atoms with Gasteiger partial charge in [-0.3, -0.25) is 9.59 Å². The minimum atomic E-state index is -0.274. The number of benzene rings is 1. The van der Waals surface area contributed by atoms with Gasteiger partial charge in [0.15, 0.2) is 0 Å². The lowest BCUT2D eigenvalue weighted by molar-refractivity contribution is -0.120. The molecule has 1 rings (SSSR count). The van der Waals surface area contributed by atoms with Crippen LogP contribution in [0.25, 0.3) is 0 Å². The van der Waals surface area contributed by atoms with Gasteiger partial charge in [-0.25, -0.2) is 0 Å². The van der Waals surface area contributed by atoms with Crippen LogP contribution in [-0.2, 0) is 9.53 Å². The van der Waals surface area contributed by atoms with Gasteiger partial charge in [-0.1, -0.05) is 13.0 Å². The van der Waals surface area contributed by atoms with Gasteiger partial charge in [0.25, 0.3) is 5.91 Å². The molecule has 0 bridgehead atoms. The van der Waals surface area contributed by atoms with Crippen molar-refractivity contribution in [3.05, 3.63) is 29.8 Å². The molecule has 0 aliphatic carbocycles. The number of hydrogen-bond donors (Lipinski definition) is 3. The van der Waals surface area contributed by atoms with Crippen LogP contribution in [0.5, 0.6) is 0 Å². The summed E-state index contributed by atoms with van der Waals surface area (Å²) in [4.78, 5) is 23.4. The van der Waals surface area contributed by atoms with Crippen molar-refractivity contribution in [1.29, 1.82) is 0 Å². The van der Waals surface area contributed by atoms with Crippen molar-refractivity contribution in [3.8, 4) is 0 Å². The fourth-order valence-corrected chi connectivity index (χ4v) is 1.52. The highest BCUT2D eigenvalue weighted by Gasteiger charge is 2.07. The normalized spacial score (nSPS) is 10.1. The van der Waals surface area contributed by atoms with Crippen molar-refractivity contribution in [3.63, 3.8) is 0 Å². The Morgan fingerprint density at radius 2 is 2.15 bits per heavy atom. The molecule has 6 nitrogen and oxygen atoms in total. The molecule has 20 heavy (non-hydrogen) atoms. The van der Waals surface area contributed by atoms with Gasteiger partial charge >= 0.3 is 0 Å². The summed E-state index contributed by atoms with van der Waals surface area (Å²) < 4.78 is 5.03. The molecular formula is C14H21N3O3. The number of anilines is 1. The summed E-state index contributed by atoms with van der Waals surface area (Å²) in [7, 11) is 0. The zero-order chi connectivity index (χ0) is 14.8. The highest BCUT2D eigenvalue weighted by atomic mass is 16.5. The number of ether oxygens (including phenoxy) is 1. The van der Waals surface area contributed by atoms with E-state index in [2.05, 4.69) is 10.6 Å². The predicted molar refractivity (Wildman–Crippen MR) is 77.6 cm³/mol. The third kappa shape index (κ3) is 5.81. The van der Waals surface area contributed by atoms with Crippen LogP contribution in [-0.4, -0.2) is 38.1 Å². The second kappa shape index (κ2) is 9.06. The number of carbonyl (C=O) groups is 2. The molecule has 1 aromatic carbocycles. The van der Waals surface area contributed by atoms with Crippen molar-refractivity contribution >= 4 is 17.5 Å². The lowest BCUT2D eigenvalue weighted by Crippen LogP contribution is -2.24. The van der Waals surface area contributed by atoms with Crippen LogP contribution in [0, 0.1) is 0 Å². The van der Waals surface area contributed by atoms with Crippen LogP contribution in [0.1, 0.15) is 23.7 Å². The highest BCUT2D eigenvalue weighted by molar-refractivity contribution is 5.97. The number of nitrogens with one attached hydrogen (secondary N) is 2. The molecule has 0 unspecified atom stereocenters. The van der Waals surface area contributed by atoms with E-state index in [0.29, 0.717) is 30.9 Å². The quantitative estimate of drug-likeness (QED) is 0.612. The maximum atomic E-state index is 11.8. The lowest BCUT2D eigenvalue weighted by Gasteiger charge is -2.08. The van der Waals surface area contributed by atoms with Crippen LogP contribution < -0.4 is 16.4 Å². The molecule has 0 radical (unpaired) electrons. The van der Waals surface area contributed by atoms with Crippen molar-refractivity contribution in [2.24, 2.45) is 5.73 Å². The Bertz CT molecular complexity index is 449. The first-order valence-electron chi connectivity index (χ1n) is 6.63. The molecule has 0 aliphatic rings. The molecule has 0 saturated heterocycles. The standard InChI is InChI=1S/C14H21N3O3/c1-2-7-16-14(19)11-4-3-5-12(9-11)17-13(18)10-20-8-6-15/h3-5,9H,2,6-8,10,15H2,1H3,(H,16,19)(H,17,18). The summed E-state index contributed by atoms with van der Waals surface area (Å²) in [6.07, 6.45) is 0.876. The Labute approximate surface area is 118 Å². The van der Waals surface area contributed by atoms with E-state index in [9.17, 15) is 9.59 Å². The van der Waals surface area contributed by atoms with Gasteiger partial charge in [-0.05, 0) is 24.6 Å². The van der Waals surface area contributed by atoms with E-state index in [1.54, 1.807) is 24.3 Å². The molecule has 1 aromatic rings. The molecule has 0 aliphatic heterocycles. The molecule has 0 aromatic heterocycles. The van der Waals surface area contributed by atoms with E-state index < -0.39 is 0 Å². The Kier molecular flexibility index (Phi) is 7.31. The molecule has 0 heterocycles. The van der Waals surface area contributed by atoms with Crippen LogP contribution in [0.2, 0.25) is 0 Å². The predicted octanol–water partition coefficient (Wildman–Crippen LogP) is 0.740. The zero-order valence-electron chi connectivity index (χ0n) is 11.6. The van der Waals surface area contributed by atoms with Gasteiger partial charge in [0.2, 0.25) is 5.91 Å². The Morgan fingerprint density at radius 3 is 2.85 bits per heavy atom. The van der Waals surface area contributed by atoms with Crippen molar-refractivity contribution < 1.29 is 14.3 Å². The zero-order valence-corrected chi connectivity index (χ0v) is 11.6. The molecule has 0 atom stereocenters. The second-order valence-corrected chi connectivity index (χ2v) is 4.23. The number of amides is 2. The monoisotopic (exact) mass is 279 g/mol. The maximum Gasteiger partial charge on any atom is 0.251 e. The van der Waals surface area contributed by atoms with Crippen LogP contribution in [0.3, 0.4) is 0 Å². The molecule has 6 heteroatoms.